The lowest BCUT2D eigenvalue weighted by Gasteiger charge is -2.21. The Bertz CT molecular complexity index is 668. The Morgan fingerprint density at radius 3 is 2.13 bits per heavy atom. The summed E-state index contributed by atoms with van der Waals surface area (Å²) in [6, 6.07) is 9.90. The number of esters is 1. The fourth-order valence-electron chi connectivity index (χ4n) is 4.05. The molecule has 166 valence electrons. The van der Waals surface area contributed by atoms with Crippen LogP contribution in [0.5, 0.6) is 0 Å². The lowest BCUT2D eigenvalue weighted by Crippen LogP contribution is -2.34. The number of rotatable bonds is 15. The summed E-state index contributed by atoms with van der Waals surface area (Å²) >= 11 is 0. The number of hydrogen-bond acceptors (Lipinski definition) is 3. The van der Waals surface area contributed by atoms with Gasteiger partial charge in [0.05, 0.1) is 12.0 Å². The van der Waals surface area contributed by atoms with Crippen molar-refractivity contribution in [1.29, 1.82) is 0 Å². The van der Waals surface area contributed by atoms with Gasteiger partial charge in [-0.25, -0.2) is 4.79 Å². The molecule has 0 radical (unpaired) electrons. The molecule has 0 saturated carbocycles. The van der Waals surface area contributed by atoms with Gasteiger partial charge in [-0.15, -0.1) is 0 Å². The van der Waals surface area contributed by atoms with Crippen LogP contribution < -0.4 is 5.32 Å². The first kappa shape index (κ1) is 24.2. The highest BCUT2D eigenvalue weighted by Gasteiger charge is 2.28. The van der Waals surface area contributed by atoms with Gasteiger partial charge in [0.2, 0.25) is 5.91 Å². The van der Waals surface area contributed by atoms with E-state index >= 15 is 0 Å². The largest absolute Gasteiger partial charge is 0.458 e. The molecule has 1 heterocycles. The lowest BCUT2D eigenvalue weighted by molar-refractivity contribution is -0.135. The van der Waals surface area contributed by atoms with Gasteiger partial charge in [-0.1, -0.05) is 101 Å². The standard InChI is InChI=1S/C26H39NO3/c1-3-4-5-6-7-8-9-10-11-15-18-24(23-19-25(28)30-20-23)26(29)27-21(2)22-16-13-12-14-17-22/h12-14,16-17,19,21,24H,3-11,15,18,20H2,1-2H3,(H,27,29). The van der Waals surface area contributed by atoms with Gasteiger partial charge < -0.3 is 10.1 Å². The summed E-state index contributed by atoms with van der Waals surface area (Å²) in [7, 11) is 0. The maximum atomic E-state index is 13.0. The topological polar surface area (TPSA) is 55.4 Å². The monoisotopic (exact) mass is 413 g/mol. The summed E-state index contributed by atoms with van der Waals surface area (Å²) in [5.74, 6) is -0.620. The fourth-order valence-corrected chi connectivity index (χ4v) is 4.05. The summed E-state index contributed by atoms with van der Waals surface area (Å²) < 4.78 is 5.07. The third kappa shape index (κ3) is 8.73. The summed E-state index contributed by atoms with van der Waals surface area (Å²) in [6.45, 7) is 4.49. The predicted octanol–water partition coefficient (Wildman–Crippen LogP) is 6.27. The average Bonchev–Trinajstić information content (AvgIpc) is 3.18. The molecule has 1 aromatic rings. The molecule has 1 aromatic carbocycles. The predicted molar refractivity (Wildman–Crippen MR) is 122 cm³/mol. The van der Waals surface area contributed by atoms with Crippen LogP contribution in [0.25, 0.3) is 0 Å². The van der Waals surface area contributed by atoms with E-state index in [0.717, 1.165) is 30.4 Å². The van der Waals surface area contributed by atoms with Crippen molar-refractivity contribution in [3.8, 4) is 0 Å². The molecular weight excluding hydrogens is 374 g/mol. The van der Waals surface area contributed by atoms with Crippen molar-refractivity contribution in [2.24, 2.45) is 5.92 Å². The number of amides is 1. The number of benzene rings is 1. The molecule has 0 aromatic heterocycles. The molecule has 1 amide bonds. The quantitative estimate of drug-likeness (QED) is 0.272. The number of cyclic esters (lactones) is 1. The van der Waals surface area contributed by atoms with Crippen molar-refractivity contribution >= 4 is 11.9 Å². The number of carbonyl (C=O) groups is 2. The zero-order chi connectivity index (χ0) is 21.6. The fraction of sp³-hybridized carbons (Fsp3) is 0.615. The molecule has 1 N–H and O–H groups in total. The van der Waals surface area contributed by atoms with Crippen LogP contribution in [0.4, 0.5) is 0 Å². The number of ether oxygens (including phenoxy) is 1. The SMILES string of the molecule is CCCCCCCCCCCCC(C(=O)NC(C)c1ccccc1)C1=CC(=O)OC1. The van der Waals surface area contributed by atoms with Crippen LogP contribution in [0.2, 0.25) is 0 Å². The Labute approximate surface area is 182 Å². The van der Waals surface area contributed by atoms with Crippen molar-refractivity contribution in [2.45, 2.75) is 90.5 Å². The van der Waals surface area contributed by atoms with E-state index in [1.807, 2.05) is 37.3 Å². The molecule has 0 saturated heterocycles. The van der Waals surface area contributed by atoms with Crippen LogP contribution in [0.3, 0.4) is 0 Å². The normalized spacial score (nSPS) is 15.4. The van der Waals surface area contributed by atoms with Gasteiger partial charge in [-0.3, -0.25) is 4.79 Å². The lowest BCUT2D eigenvalue weighted by atomic mass is 9.91. The molecule has 2 unspecified atom stereocenters. The Morgan fingerprint density at radius 2 is 1.57 bits per heavy atom. The van der Waals surface area contributed by atoms with Crippen LogP contribution in [-0.2, 0) is 14.3 Å². The zero-order valence-corrected chi connectivity index (χ0v) is 18.8. The van der Waals surface area contributed by atoms with Gasteiger partial charge in [-0.05, 0) is 24.5 Å². The summed E-state index contributed by atoms with van der Waals surface area (Å²) in [5, 5.41) is 3.13. The molecular formula is C26H39NO3. The van der Waals surface area contributed by atoms with Crippen molar-refractivity contribution < 1.29 is 14.3 Å². The highest BCUT2D eigenvalue weighted by molar-refractivity contribution is 5.89. The molecule has 30 heavy (non-hydrogen) atoms. The van der Waals surface area contributed by atoms with Gasteiger partial charge in [0, 0.05) is 6.08 Å². The van der Waals surface area contributed by atoms with Gasteiger partial charge in [0.1, 0.15) is 6.61 Å². The molecule has 1 aliphatic heterocycles. The van der Waals surface area contributed by atoms with E-state index in [2.05, 4.69) is 12.2 Å². The van der Waals surface area contributed by atoms with Crippen LogP contribution >= 0.6 is 0 Å². The minimum atomic E-state index is -0.331. The minimum absolute atomic E-state index is 0.00757. The summed E-state index contributed by atoms with van der Waals surface area (Å²) in [4.78, 5) is 24.5. The van der Waals surface area contributed by atoms with Crippen molar-refractivity contribution in [1.82, 2.24) is 5.32 Å². The third-order valence-electron chi connectivity index (χ3n) is 5.95. The van der Waals surface area contributed by atoms with E-state index in [1.54, 1.807) is 0 Å². The number of unbranched alkanes of at least 4 members (excludes halogenated alkanes) is 9. The molecule has 4 heteroatoms. The number of nitrogens with one attached hydrogen (secondary N) is 1. The Hall–Kier alpha value is -2.10. The van der Waals surface area contributed by atoms with Crippen molar-refractivity contribution in [3.05, 3.63) is 47.5 Å². The van der Waals surface area contributed by atoms with E-state index in [9.17, 15) is 9.59 Å². The van der Waals surface area contributed by atoms with Gasteiger partial charge >= 0.3 is 5.97 Å². The summed E-state index contributed by atoms with van der Waals surface area (Å²) in [5.41, 5.74) is 1.89. The van der Waals surface area contributed by atoms with E-state index in [-0.39, 0.29) is 30.4 Å². The Balaban J connectivity index is 1.76. The minimum Gasteiger partial charge on any atom is -0.458 e. The van der Waals surface area contributed by atoms with Gasteiger partial charge in [-0.2, -0.15) is 0 Å². The first-order valence-electron chi connectivity index (χ1n) is 11.8. The molecule has 0 fully saturated rings. The second-order valence-electron chi connectivity index (χ2n) is 8.49. The molecule has 4 nitrogen and oxygen atoms in total. The van der Waals surface area contributed by atoms with Gasteiger partial charge in [0.25, 0.3) is 0 Å². The zero-order valence-electron chi connectivity index (χ0n) is 18.8. The summed E-state index contributed by atoms with van der Waals surface area (Å²) in [6.07, 6.45) is 14.9. The molecule has 1 aliphatic rings. The van der Waals surface area contributed by atoms with Crippen LogP contribution in [0.15, 0.2) is 42.0 Å². The molecule has 2 atom stereocenters. The average molecular weight is 414 g/mol. The van der Waals surface area contributed by atoms with Crippen LogP contribution in [0.1, 0.15) is 96.1 Å². The molecule has 0 spiro atoms. The maximum absolute atomic E-state index is 13.0. The number of hydrogen-bond donors (Lipinski definition) is 1. The van der Waals surface area contributed by atoms with Gasteiger partial charge in [0.15, 0.2) is 0 Å². The first-order valence-corrected chi connectivity index (χ1v) is 11.8. The molecule has 0 bridgehead atoms. The number of carbonyl (C=O) groups excluding carboxylic acids is 2. The van der Waals surface area contributed by atoms with Crippen molar-refractivity contribution in [2.75, 3.05) is 6.61 Å². The smallest absolute Gasteiger partial charge is 0.331 e. The second-order valence-corrected chi connectivity index (χ2v) is 8.49. The molecule has 2 rings (SSSR count). The van der Waals surface area contributed by atoms with E-state index < -0.39 is 0 Å². The third-order valence-corrected chi connectivity index (χ3v) is 5.95. The van der Waals surface area contributed by atoms with Crippen molar-refractivity contribution in [3.63, 3.8) is 0 Å². The second kappa shape index (κ2) is 14.0. The Morgan fingerprint density at radius 1 is 0.967 bits per heavy atom. The van der Waals surface area contributed by atoms with E-state index in [4.69, 9.17) is 4.74 Å². The first-order chi connectivity index (χ1) is 14.6. The Kier molecular flexibility index (Phi) is 11.3. The highest BCUT2D eigenvalue weighted by atomic mass is 16.5. The van der Waals surface area contributed by atoms with Crippen LogP contribution in [0, 0.1) is 5.92 Å². The van der Waals surface area contributed by atoms with Crippen LogP contribution in [-0.4, -0.2) is 18.5 Å². The molecule has 0 aliphatic carbocycles. The van der Waals surface area contributed by atoms with E-state index in [0.29, 0.717) is 0 Å². The maximum Gasteiger partial charge on any atom is 0.331 e. The van der Waals surface area contributed by atoms with E-state index in [1.165, 1.54) is 57.4 Å². The highest BCUT2D eigenvalue weighted by Crippen LogP contribution is 2.25.